The largest absolute Gasteiger partial charge is 0.367 e. The van der Waals surface area contributed by atoms with E-state index < -0.39 is 6.10 Å². The molecule has 2 aromatic carbocycles. The Morgan fingerprint density at radius 1 is 1.13 bits per heavy atom. The van der Waals surface area contributed by atoms with Crippen LogP contribution in [0.15, 0.2) is 72.9 Å². The molecular weight excluding hydrogens is 374 g/mol. The van der Waals surface area contributed by atoms with E-state index in [1.807, 2.05) is 25.1 Å². The highest BCUT2D eigenvalue weighted by molar-refractivity contribution is 5.93. The fourth-order valence-electron chi connectivity index (χ4n) is 4.63. The predicted octanol–water partition coefficient (Wildman–Crippen LogP) is 4.08. The van der Waals surface area contributed by atoms with Crippen LogP contribution in [0.5, 0.6) is 0 Å². The van der Waals surface area contributed by atoms with Crippen molar-refractivity contribution in [2.45, 2.75) is 31.4 Å². The van der Waals surface area contributed by atoms with Crippen molar-refractivity contribution in [2.24, 2.45) is 0 Å². The second kappa shape index (κ2) is 7.58. The Kier molecular flexibility index (Phi) is 4.75. The number of benzene rings is 2. The van der Waals surface area contributed by atoms with Crippen molar-refractivity contribution in [2.75, 3.05) is 23.4 Å². The number of ether oxygens (including phenoxy) is 1. The molecule has 2 aliphatic heterocycles. The third kappa shape index (κ3) is 3.46. The van der Waals surface area contributed by atoms with Crippen LogP contribution in [-0.2, 0) is 21.5 Å². The van der Waals surface area contributed by atoms with E-state index in [1.54, 1.807) is 6.20 Å². The quantitative estimate of drug-likeness (QED) is 0.718. The van der Waals surface area contributed by atoms with Gasteiger partial charge < -0.3 is 15.0 Å². The maximum Gasteiger partial charge on any atom is 0.254 e. The normalized spacial score (nSPS) is 22.3. The minimum Gasteiger partial charge on any atom is -0.367 e. The molecule has 1 aromatic heterocycles. The van der Waals surface area contributed by atoms with Gasteiger partial charge in [-0.2, -0.15) is 0 Å². The number of hydrogen-bond acceptors (Lipinski definition) is 4. The van der Waals surface area contributed by atoms with E-state index in [0.717, 1.165) is 18.7 Å². The van der Waals surface area contributed by atoms with Crippen molar-refractivity contribution in [3.8, 4) is 0 Å². The number of fused-ring (bicyclic) bond motifs is 2. The predicted molar refractivity (Wildman–Crippen MR) is 118 cm³/mol. The number of pyridine rings is 1. The zero-order valence-electron chi connectivity index (χ0n) is 17.0. The molecule has 2 unspecified atom stereocenters. The van der Waals surface area contributed by atoms with Crippen molar-refractivity contribution >= 4 is 17.4 Å². The smallest absolute Gasteiger partial charge is 0.254 e. The van der Waals surface area contributed by atoms with Crippen LogP contribution >= 0.6 is 0 Å². The molecule has 5 nitrogen and oxygen atoms in total. The van der Waals surface area contributed by atoms with Crippen LogP contribution in [0, 0.1) is 6.92 Å². The summed E-state index contributed by atoms with van der Waals surface area (Å²) in [5.41, 5.74) is 4.71. The number of carbonyl (C=O) groups is 1. The molecule has 5 heteroatoms. The summed E-state index contributed by atoms with van der Waals surface area (Å²) in [4.78, 5) is 19.5. The monoisotopic (exact) mass is 399 g/mol. The Labute approximate surface area is 176 Å². The molecule has 2 atom stereocenters. The van der Waals surface area contributed by atoms with E-state index in [9.17, 15) is 4.79 Å². The molecule has 1 fully saturated rings. The summed E-state index contributed by atoms with van der Waals surface area (Å²) in [7, 11) is 0. The van der Waals surface area contributed by atoms with Crippen LogP contribution < -0.4 is 10.2 Å². The lowest BCUT2D eigenvalue weighted by Crippen LogP contribution is -2.35. The molecule has 0 radical (unpaired) electrons. The highest BCUT2D eigenvalue weighted by atomic mass is 16.5. The standard InChI is InChI=1S/C25H25N3O2/c1-18-11-12-23(26-14-18)27-24(29)22-13-25(17-30-22)16-28(15-19-7-3-2-4-8-19)21-10-6-5-9-20(21)25/h2-12,14,22H,13,15-17H2,1H3,(H,26,27,29). The maximum atomic E-state index is 12.8. The first kappa shape index (κ1) is 18.8. The van der Waals surface area contributed by atoms with Gasteiger partial charge in [-0.15, -0.1) is 0 Å². The first-order valence-electron chi connectivity index (χ1n) is 10.4. The number of amides is 1. The van der Waals surface area contributed by atoms with E-state index in [1.165, 1.54) is 16.8 Å². The van der Waals surface area contributed by atoms with Gasteiger partial charge in [-0.25, -0.2) is 4.98 Å². The van der Waals surface area contributed by atoms with E-state index >= 15 is 0 Å². The first-order valence-corrected chi connectivity index (χ1v) is 10.4. The molecule has 1 N–H and O–H groups in total. The zero-order chi connectivity index (χ0) is 20.6. The van der Waals surface area contributed by atoms with Crippen LogP contribution in [0.4, 0.5) is 11.5 Å². The van der Waals surface area contributed by atoms with Crippen molar-refractivity contribution < 1.29 is 9.53 Å². The molecule has 5 rings (SSSR count). The number of para-hydroxylation sites is 1. The number of hydrogen-bond donors (Lipinski definition) is 1. The first-order chi connectivity index (χ1) is 14.6. The van der Waals surface area contributed by atoms with Gasteiger partial charge in [0.1, 0.15) is 11.9 Å². The molecule has 0 aliphatic carbocycles. The number of nitrogens with zero attached hydrogens (tertiary/aromatic N) is 2. The lowest BCUT2D eigenvalue weighted by atomic mass is 9.80. The summed E-state index contributed by atoms with van der Waals surface area (Å²) in [6.07, 6.45) is 1.95. The van der Waals surface area contributed by atoms with Gasteiger partial charge in [-0.05, 0) is 42.2 Å². The van der Waals surface area contributed by atoms with Gasteiger partial charge in [-0.1, -0.05) is 54.6 Å². The van der Waals surface area contributed by atoms with Crippen LogP contribution in [0.2, 0.25) is 0 Å². The van der Waals surface area contributed by atoms with Crippen LogP contribution in [0.25, 0.3) is 0 Å². The highest BCUT2D eigenvalue weighted by Gasteiger charge is 2.50. The van der Waals surface area contributed by atoms with Crippen LogP contribution in [0.1, 0.15) is 23.1 Å². The Bertz CT molecular complexity index is 1050. The average Bonchev–Trinajstić information content (AvgIpc) is 3.33. The Morgan fingerprint density at radius 3 is 2.73 bits per heavy atom. The van der Waals surface area contributed by atoms with Crippen molar-refractivity contribution in [3.63, 3.8) is 0 Å². The fraction of sp³-hybridized carbons (Fsp3) is 0.280. The molecule has 1 amide bonds. The number of aryl methyl sites for hydroxylation is 1. The van der Waals surface area contributed by atoms with Crippen LogP contribution in [-0.4, -0.2) is 30.1 Å². The molecule has 1 saturated heterocycles. The third-order valence-corrected chi connectivity index (χ3v) is 6.12. The lowest BCUT2D eigenvalue weighted by Gasteiger charge is -2.24. The summed E-state index contributed by atoms with van der Waals surface area (Å²) >= 11 is 0. The molecule has 3 aromatic rings. The molecule has 1 spiro atoms. The molecule has 30 heavy (non-hydrogen) atoms. The summed E-state index contributed by atoms with van der Waals surface area (Å²) < 4.78 is 6.04. The third-order valence-electron chi connectivity index (χ3n) is 6.12. The highest BCUT2D eigenvalue weighted by Crippen LogP contribution is 2.47. The van der Waals surface area contributed by atoms with E-state index in [0.29, 0.717) is 18.8 Å². The van der Waals surface area contributed by atoms with Gasteiger partial charge >= 0.3 is 0 Å². The number of aromatic nitrogens is 1. The topological polar surface area (TPSA) is 54.5 Å². The molecule has 0 saturated carbocycles. The summed E-state index contributed by atoms with van der Waals surface area (Å²) in [5.74, 6) is 0.440. The minimum atomic E-state index is -0.474. The number of nitrogens with one attached hydrogen (secondary N) is 1. The van der Waals surface area contributed by atoms with E-state index in [4.69, 9.17) is 4.74 Å². The van der Waals surface area contributed by atoms with Crippen molar-refractivity contribution in [3.05, 3.63) is 89.6 Å². The minimum absolute atomic E-state index is 0.123. The zero-order valence-corrected chi connectivity index (χ0v) is 17.0. The summed E-state index contributed by atoms with van der Waals surface area (Å²) in [6.45, 7) is 4.23. The number of rotatable bonds is 4. The molecular formula is C25H25N3O2. The average molecular weight is 399 g/mol. The van der Waals surface area contributed by atoms with Gasteiger partial charge in [0.05, 0.1) is 6.61 Å². The maximum absolute atomic E-state index is 12.8. The Hall–Kier alpha value is -3.18. The fourth-order valence-corrected chi connectivity index (χ4v) is 4.63. The SMILES string of the molecule is Cc1ccc(NC(=O)C2CC3(CO2)CN(Cc2ccccc2)c2ccccc23)nc1. The second-order valence-corrected chi connectivity index (χ2v) is 8.35. The molecule has 152 valence electrons. The lowest BCUT2D eigenvalue weighted by molar-refractivity contribution is -0.124. The van der Waals surface area contributed by atoms with Gasteiger partial charge in [0.25, 0.3) is 5.91 Å². The number of carbonyl (C=O) groups excluding carboxylic acids is 1. The molecule has 3 heterocycles. The van der Waals surface area contributed by atoms with Crippen molar-refractivity contribution in [1.29, 1.82) is 0 Å². The summed E-state index contributed by atoms with van der Waals surface area (Å²) in [6, 6.07) is 22.8. The van der Waals surface area contributed by atoms with Crippen LogP contribution in [0.3, 0.4) is 0 Å². The van der Waals surface area contributed by atoms with Gasteiger partial charge in [0, 0.05) is 30.4 Å². The van der Waals surface area contributed by atoms with Gasteiger partial charge in [0.2, 0.25) is 0 Å². The summed E-state index contributed by atoms with van der Waals surface area (Å²) in [5, 5.41) is 2.90. The Balaban J connectivity index is 1.34. The Morgan fingerprint density at radius 2 is 1.93 bits per heavy atom. The molecule has 0 bridgehead atoms. The van der Waals surface area contributed by atoms with Gasteiger partial charge in [0.15, 0.2) is 0 Å². The molecule has 2 aliphatic rings. The van der Waals surface area contributed by atoms with E-state index in [2.05, 4.69) is 63.7 Å². The number of anilines is 2. The van der Waals surface area contributed by atoms with Gasteiger partial charge in [-0.3, -0.25) is 4.79 Å². The van der Waals surface area contributed by atoms with Crippen molar-refractivity contribution in [1.82, 2.24) is 4.98 Å². The van der Waals surface area contributed by atoms with E-state index in [-0.39, 0.29) is 11.3 Å². The second-order valence-electron chi connectivity index (χ2n) is 8.35.